The zero-order valence-electron chi connectivity index (χ0n) is 22.3. The van der Waals surface area contributed by atoms with E-state index in [0.717, 1.165) is 62.5 Å². The molecular weight excluding hydrogens is 541 g/mol. The quantitative estimate of drug-likeness (QED) is 0.367. The fraction of sp³-hybridized carbons (Fsp3) is 0.333. The standard InChI is InChI=1S/C30H28FN7O2S/c31-23-11-19(18-3-5-20(6-4-18)37-15-30(16-37)13-32-14-30)10-21-22(23)12-38(28(21)40)26(27(39)35-29-33-7-9-41-29)25-24-2-1-8-36(24)17-34-25/h3-7,9-11,17,26,32H,1-2,8,12-16H2,(H,33,35,39). The number of benzene rings is 2. The normalized spacial score (nSPS) is 19.1. The van der Waals surface area contributed by atoms with E-state index in [9.17, 15) is 9.59 Å². The van der Waals surface area contributed by atoms with Crippen molar-refractivity contribution in [2.24, 2.45) is 5.41 Å². The van der Waals surface area contributed by atoms with Crippen LogP contribution in [0.15, 0.2) is 54.3 Å². The number of anilines is 2. The molecule has 2 saturated heterocycles. The molecule has 4 aliphatic heterocycles. The number of aromatic nitrogens is 3. The van der Waals surface area contributed by atoms with Crippen LogP contribution in [-0.4, -0.2) is 57.4 Å². The smallest absolute Gasteiger partial charge is 0.255 e. The third-order valence-corrected chi connectivity index (χ3v) is 9.59. The second-order valence-corrected chi connectivity index (χ2v) is 12.4. The highest BCUT2D eigenvalue weighted by Gasteiger charge is 2.47. The van der Waals surface area contributed by atoms with Crippen molar-refractivity contribution in [2.45, 2.75) is 32.0 Å². The molecule has 2 aromatic heterocycles. The molecule has 2 aromatic carbocycles. The van der Waals surface area contributed by atoms with Crippen LogP contribution in [0.3, 0.4) is 0 Å². The number of carbonyl (C=O) groups excluding carboxylic acids is 2. The van der Waals surface area contributed by atoms with Crippen LogP contribution in [0.5, 0.6) is 0 Å². The van der Waals surface area contributed by atoms with Crippen molar-refractivity contribution in [3.63, 3.8) is 0 Å². The van der Waals surface area contributed by atoms with Crippen LogP contribution in [0.25, 0.3) is 11.1 Å². The van der Waals surface area contributed by atoms with Crippen molar-refractivity contribution < 1.29 is 14.0 Å². The summed E-state index contributed by atoms with van der Waals surface area (Å²) in [5, 5.41) is 8.40. The molecule has 41 heavy (non-hydrogen) atoms. The Hall–Kier alpha value is -4.09. The first-order chi connectivity index (χ1) is 20.0. The minimum atomic E-state index is -0.999. The molecule has 9 nitrogen and oxygen atoms in total. The first kappa shape index (κ1) is 24.7. The lowest BCUT2D eigenvalue weighted by molar-refractivity contribution is -0.121. The van der Waals surface area contributed by atoms with Gasteiger partial charge >= 0.3 is 0 Å². The summed E-state index contributed by atoms with van der Waals surface area (Å²) in [6, 6.07) is 10.3. The fourth-order valence-corrected chi connectivity index (χ4v) is 7.21. The number of hydrogen-bond acceptors (Lipinski definition) is 7. The molecule has 0 aliphatic carbocycles. The third-order valence-electron chi connectivity index (χ3n) is 8.91. The van der Waals surface area contributed by atoms with Crippen LogP contribution in [0.4, 0.5) is 15.2 Å². The maximum absolute atomic E-state index is 15.6. The van der Waals surface area contributed by atoms with Crippen molar-refractivity contribution in [3.05, 3.63) is 82.6 Å². The number of amides is 2. The molecule has 0 saturated carbocycles. The van der Waals surface area contributed by atoms with E-state index in [1.54, 1.807) is 24.0 Å². The molecule has 208 valence electrons. The second-order valence-electron chi connectivity index (χ2n) is 11.5. The number of thiazole rings is 1. The minimum Gasteiger partial charge on any atom is -0.370 e. The number of fused-ring (bicyclic) bond motifs is 2. The number of nitrogens with one attached hydrogen (secondary N) is 2. The fourth-order valence-electron chi connectivity index (χ4n) is 6.68. The van der Waals surface area contributed by atoms with E-state index in [1.165, 1.54) is 22.3 Å². The summed E-state index contributed by atoms with van der Waals surface area (Å²) in [5.41, 5.74) is 5.13. The number of nitrogens with zero attached hydrogens (tertiary/aromatic N) is 5. The minimum absolute atomic E-state index is 0.00690. The van der Waals surface area contributed by atoms with Gasteiger partial charge in [0.15, 0.2) is 11.2 Å². The van der Waals surface area contributed by atoms with Gasteiger partial charge in [-0.25, -0.2) is 14.4 Å². The molecule has 1 spiro atoms. The molecule has 4 aliphatic rings. The summed E-state index contributed by atoms with van der Waals surface area (Å²) in [5.74, 6) is -1.23. The van der Waals surface area contributed by atoms with E-state index in [0.29, 0.717) is 27.4 Å². The summed E-state index contributed by atoms with van der Waals surface area (Å²) >= 11 is 1.30. The molecule has 2 N–H and O–H groups in total. The predicted octanol–water partition coefficient (Wildman–Crippen LogP) is 3.84. The Morgan fingerprint density at radius 1 is 1.12 bits per heavy atom. The average Bonchev–Trinajstić information content (AvgIpc) is 3.71. The molecule has 6 heterocycles. The Labute approximate surface area is 240 Å². The second kappa shape index (κ2) is 9.22. The molecule has 2 fully saturated rings. The van der Waals surface area contributed by atoms with Gasteiger partial charge in [-0.1, -0.05) is 12.1 Å². The lowest BCUT2D eigenvalue weighted by Crippen LogP contribution is -2.71. The number of imidazole rings is 1. The number of hydrogen-bond donors (Lipinski definition) is 2. The van der Waals surface area contributed by atoms with Crippen molar-refractivity contribution in [3.8, 4) is 11.1 Å². The van der Waals surface area contributed by atoms with Crippen LogP contribution in [0.1, 0.15) is 39.8 Å². The molecule has 1 atom stereocenters. The summed E-state index contributed by atoms with van der Waals surface area (Å²) in [6.45, 7) is 5.08. The number of halogens is 1. The number of aryl methyl sites for hydroxylation is 1. The Kier molecular flexibility index (Phi) is 5.55. The van der Waals surface area contributed by atoms with E-state index < -0.39 is 17.8 Å². The molecule has 1 unspecified atom stereocenters. The first-order valence-corrected chi connectivity index (χ1v) is 14.8. The van der Waals surface area contributed by atoms with E-state index in [2.05, 4.69) is 37.6 Å². The average molecular weight is 570 g/mol. The van der Waals surface area contributed by atoms with Crippen LogP contribution < -0.4 is 15.5 Å². The van der Waals surface area contributed by atoms with E-state index >= 15 is 4.39 Å². The van der Waals surface area contributed by atoms with E-state index in [4.69, 9.17) is 0 Å². The number of carbonyl (C=O) groups is 2. The molecule has 0 bridgehead atoms. The lowest BCUT2D eigenvalue weighted by Gasteiger charge is -2.57. The molecular formula is C30H28FN7O2S. The topological polar surface area (TPSA) is 95.4 Å². The van der Waals surface area contributed by atoms with Crippen molar-refractivity contribution in [2.75, 3.05) is 36.4 Å². The molecule has 4 aromatic rings. The molecule has 2 amide bonds. The maximum Gasteiger partial charge on any atom is 0.255 e. The van der Waals surface area contributed by atoms with Gasteiger partial charge in [0.05, 0.1) is 18.6 Å². The third kappa shape index (κ3) is 3.98. The first-order valence-electron chi connectivity index (χ1n) is 13.9. The maximum atomic E-state index is 15.6. The van der Waals surface area contributed by atoms with Gasteiger partial charge in [-0.05, 0) is 48.2 Å². The van der Waals surface area contributed by atoms with Crippen LogP contribution in [0, 0.1) is 11.2 Å². The van der Waals surface area contributed by atoms with E-state index in [1.807, 2.05) is 16.7 Å². The van der Waals surface area contributed by atoms with Crippen molar-refractivity contribution in [1.29, 1.82) is 0 Å². The van der Waals surface area contributed by atoms with Crippen LogP contribution >= 0.6 is 11.3 Å². The van der Waals surface area contributed by atoms with Gasteiger partial charge in [0.1, 0.15) is 5.82 Å². The van der Waals surface area contributed by atoms with Gasteiger partial charge in [0, 0.05) is 72.2 Å². The van der Waals surface area contributed by atoms with Gasteiger partial charge in [-0.15, -0.1) is 11.3 Å². The monoisotopic (exact) mass is 569 g/mol. The van der Waals surface area contributed by atoms with Gasteiger partial charge in [0.25, 0.3) is 11.8 Å². The van der Waals surface area contributed by atoms with Gasteiger partial charge in [0.2, 0.25) is 0 Å². The predicted molar refractivity (Wildman–Crippen MR) is 153 cm³/mol. The Morgan fingerprint density at radius 2 is 1.95 bits per heavy atom. The lowest BCUT2D eigenvalue weighted by atomic mass is 9.74. The van der Waals surface area contributed by atoms with Crippen LogP contribution in [0.2, 0.25) is 0 Å². The molecule has 8 rings (SSSR count). The SMILES string of the molecule is O=C(Nc1nccs1)C(c1ncn2c1CCC2)N1Cc2c(F)cc(-c3ccc(N4CC5(CNC5)C4)cc3)cc2C1=O. The summed E-state index contributed by atoms with van der Waals surface area (Å²) in [4.78, 5) is 40.1. The highest BCUT2D eigenvalue weighted by Crippen LogP contribution is 2.40. The molecule has 11 heteroatoms. The Balaban J connectivity index is 1.09. The molecule has 0 radical (unpaired) electrons. The van der Waals surface area contributed by atoms with Crippen molar-refractivity contribution in [1.82, 2.24) is 24.8 Å². The summed E-state index contributed by atoms with van der Waals surface area (Å²) in [6.07, 6.45) is 5.05. The highest BCUT2D eigenvalue weighted by molar-refractivity contribution is 7.13. The van der Waals surface area contributed by atoms with Crippen molar-refractivity contribution >= 4 is 34.0 Å². The zero-order valence-corrected chi connectivity index (χ0v) is 23.1. The summed E-state index contributed by atoms with van der Waals surface area (Å²) < 4.78 is 17.6. The largest absolute Gasteiger partial charge is 0.370 e. The number of rotatable bonds is 6. The Morgan fingerprint density at radius 3 is 2.68 bits per heavy atom. The summed E-state index contributed by atoms with van der Waals surface area (Å²) in [7, 11) is 0. The van der Waals surface area contributed by atoms with Gasteiger partial charge in [-0.3, -0.25) is 14.9 Å². The van der Waals surface area contributed by atoms with Gasteiger partial charge in [-0.2, -0.15) is 0 Å². The van der Waals surface area contributed by atoms with Gasteiger partial charge < -0.3 is 19.7 Å². The highest BCUT2D eigenvalue weighted by atomic mass is 32.1. The van der Waals surface area contributed by atoms with Crippen LogP contribution in [-0.2, 0) is 24.3 Å². The van der Waals surface area contributed by atoms with E-state index in [-0.39, 0.29) is 18.0 Å². The Bertz CT molecular complexity index is 1670. The zero-order chi connectivity index (χ0) is 27.7.